The molecular formula is C18H36N2. The van der Waals surface area contributed by atoms with Crippen molar-refractivity contribution in [2.45, 2.75) is 78.8 Å². The maximum atomic E-state index is 4.00. The van der Waals surface area contributed by atoms with Gasteiger partial charge in [-0.15, -0.1) is 0 Å². The lowest BCUT2D eigenvalue weighted by molar-refractivity contribution is 0.0732. The zero-order valence-electron chi connectivity index (χ0n) is 14.6. The zero-order chi connectivity index (χ0) is 15.0. The van der Waals surface area contributed by atoms with Crippen molar-refractivity contribution < 1.29 is 0 Å². The van der Waals surface area contributed by atoms with Crippen molar-refractivity contribution in [2.24, 2.45) is 16.7 Å². The Morgan fingerprint density at radius 1 is 1.00 bits per heavy atom. The average Bonchev–Trinajstić information content (AvgIpc) is 2.25. The van der Waals surface area contributed by atoms with Gasteiger partial charge in [0, 0.05) is 12.1 Å². The zero-order valence-corrected chi connectivity index (χ0v) is 14.6. The Morgan fingerprint density at radius 3 is 2.00 bits per heavy atom. The molecule has 1 atom stereocenters. The summed E-state index contributed by atoms with van der Waals surface area (Å²) in [6.45, 7) is 14.8. The highest BCUT2D eigenvalue weighted by atomic mass is 15.1. The maximum Gasteiger partial charge on any atom is 0.00798 e. The highest BCUT2D eigenvalue weighted by molar-refractivity contribution is 4.94. The predicted octanol–water partition coefficient (Wildman–Crippen LogP) is 3.91. The van der Waals surface area contributed by atoms with Gasteiger partial charge >= 0.3 is 0 Å². The Labute approximate surface area is 126 Å². The minimum atomic E-state index is 0.492. The molecule has 0 amide bonds. The molecule has 2 heteroatoms. The van der Waals surface area contributed by atoms with Crippen LogP contribution in [0.1, 0.15) is 66.7 Å². The van der Waals surface area contributed by atoms with E-state index in [1.54, 1.807) is 0 Å². The molecular weight excluding hydrogens is 244 g/mol. The Kier molecular flexibility index (Phi) is 4.86. The lowest BCUT2D eigenvalue weighted by Crippen LogP contribution is -2.50. The third kappa shape index (κ3) is 4.46. The number of hydrogen-bond donors (Lipinski definition) is 1. The molecule has 1 N–H and O–H groups in total. The molecule has 1 aliphatic carbocycles. The van der Waals surface area contributed by atoms with Crippen molar-refractivity contribution in [2.75, 3.05) is 20.1 Å². The quantitative estimate of drug-likeness (QED) is 0.843. The van der Waals surface area contributed by atoms with Gasteiger partial charge in [-0.05, 0) is 75.9 Å². The highest BCUT2D eigenvalue weighted by Crippen LogP contribution is 2.45. The van der Waals surface area contributed by atoms with Gasteiger partial charge in [-0.1, -0.05) is 27.7 Å². The fourth-order valence-corrected chi connectivity index (χ4v) is 5.00. The number of piperidine rings is 1. The van der Waals surface area contributed by atoms with E-state index in [4.69, 9.17) is 0 Å². The second-order valence-corrected chi connectivity index (χ2v) is 9.21. The van der Waals surface area contributed by atoms with E-state index in [0.717, 1.165) is 5.92 Å². The molecule has 0 aromatic rings. The van der Waals surface area contributed by atoms with Crippen molar-refractivity contribution in [1.29, 1.82) is 0 Å². The fourth-order valence-electron chi connectivity index (χ4n) is 5.00. The second kappa shape index (κ2) is 5.96. The molecule has 2 rings (SSSR count). The first-order chi connectivity index (χ1) is 9.17. The molecule has 1 heterocycles. The summed E-state index contributed by atoms with van der Waals surface area (Å²) < 4.78 is 0. The lowest BCUT2D eigenvalue weighted by atomic mass is 9.63. The van der Waals surface area contributed by atoms with Gasteiger partial charge in [0.25, 0.3) is 0 Å². The summed E-state index contributed by atoms with van der Waals surface area (Å²) in [7, 11) is 2.25. The molecule has 2 nitrogen and oxygen atoms in total. The normalized spacial score (nSPS) is 30.3. The summed E-state index contributed by atoms with van der Waals surface area (Å²) in [4.78, 5) is 2.47. The van der Waals surface area contributed by atoms with Crippen molar-refractivity contribution in [3.8, 4) is 0 Å². The van der Waals surface area contributed by atoms with Crippen LogP contribution in [0.25, 0.3) is 0 Å². The Bertz CT molecular complexity index is 297. The van der Waals surface area contributed by atoms with E-state index in [-0.39, 0.29) is 0 Å². The number of likely N-dealkylation sites (tertiary alicyclic amines) is 1. The van der Waals surface area contributed by atoms with E-state index in [1.807, 2.05) is 0 Å². The van der Waals surface area contributed by atoms with Crippen LogP contribution in [0.4, 0.5) is 0 Å². The molecule has 20 heavy (non-hydrogen) atoms. The Hall–Kier alpha value is -0.0800. The van der Waals surface area contributed by atoms with Crippen LogP contribution in [0.15, 0.2) is 0 Å². The standard InChI is InChI=1S/C18H36N2/c1-14(15-7-9-20(6)10-8-15)19-16-11-17(2,3)13-18(4,5)12-16/h14-16,19H,7-13H2,1-6H3. The van der Waals surface area contributed by atoms with Gasteiger partial charge in [-0.25, -0.2) is 0 Å². The third-order valence-electron chi connectivity index (χ3n) is 5.52. The van der Waals surface area contributed by atoms with Gasteiger partial charge < -0.3 is 10.2 Å². The predicted molar refractivity (Wildman–Crippen MR) is 88.0 cm³/mol. The second-order valence-electron chi connectivity index (χ2n) is 9.21. The van der Waals surface area contributed by atoms with E-state index in [1.165, 1.54) is 45.2 Å². The van der Waals surface area contributed by atoms with Crippen LogP contribution in [0.3, 0.4) is 0 Å². The first-order valence-corrected chi connectivity index (χ1v) is 8.61. The molecule has 1 aliphatic heterocycles. The van der Waals surface area contributed by atoms with Crippen LogP contribution in [-0.2, 0) is 0 Å². The van der Waals surface area contributed by atoms with Crippen LogP contribution in [0.2, 0.25) is 0 Å². The molecule has 0 spiro atoms. The van der Waals surface area contributed by atoms with Gasteiger partial charge in [0.1, 0.15) is 0 Å². The molecule has 1 saturated heterocycles. The van der Waals surface area contributed by atoms with Crippen LogP contribution < -0.4 is 5.32 Å². The van der Waals surface area contributed by atoms with Crippen LogP contribution in [-0.4, -0.2) is 37.1 Å². The summed E-state index contributed by atoms with van der Waals surface area (Å²) in [6.07, 6.45) is 6.77. The van der Waals surface area contributed by atoms with Crippen molar-refractivity contribution >= 4 is 0 Å². The van der Waals surface area contributed by atoms with Crippen LogP contribution in [0.5, 0.6) is 0 Å². The number of rotatable bonds is 3. The molecule has 1 unspecified atom stereocenters. The van der Waals surface area contributed by atoms with Crippen LogP contribution >= 0.6 is 0 Å². The van der Waals surface area contributed by atoms with Gasteiger partial charge in [0.2, 0.25) is 0 Å². The van der Waals surface area contributed by atoms with E-state index in [0.29, 0.717) is 22.9 Å². The summed E-state index contributed by atoms with van der Waals surface area (Å²) in [5.74, 6) is 0.874. The number of nitrogens with zero attached hydrogens (tertiary/aromatic N) is 1. The Morgan fingerprint density at radius 2 is 1.50 bits per heavy atom. The molecule has 118 valence electrons. The smallest absolute Gasteiger partial charge is 0.00798 e. The molecule has 2 aliphatic rings. The Balaban J connectivity index is 1.88. The van der Waals surface area contributed by atoms with Gasteiger partial charge in [0.05, 0.1) is 0 Å². The van der Waals surface area contributed by atoms with Crippen molar-refractivity contribution in [3.05, 3.63) is 0 Å². The SMILES string of the molecule is CC(NC1CC(C)(C)CC(C)(C)C1)C1CCN(C)CC1. The van der Waals surface area contributed by atoms with E-state index in [2.05, 4.69) is 51.9 Å². The average molecular weight is 281 g/mol. The van der Waals surface area contributed by atoms with Crippen molar-refractivity contribution in [1.82, 2.24) is 10.2 Å². The van der Waals surface area contributed by atoms with Crippen LogP contribution in [0, 0.1) is 16.7 Å². The molecule has 0 aromatic heterocycles. The minimum Gasteiger partial charge on any atom is -0.311 e. The molecule has 0 bridgehead atoms. The molecule has 0 aromatic carbocycles. The largest absolute Gasteiger partial charge is 0.311 e. The van der Waals surface area contributed by atoms with E-state index in [9.17, 15) is 0 Å². The van der Waals surface area contributed by atoms with Gasteiger partial charge in [-0.2, -0.15) is 0 Å². The first-order valence-electron chi connectivity index (χ1n) is 8.61. The number of hydrogen-bond acceptors (Lipinski definition) is 2. The molecule has 1 saturated carbocycles. The summed E-state index contributed by atoms with van der Waals surface area (Å²) in [5, 5.41) is 4.00. The van der Waals surface area contributed by atoms with Crippen molar-refractivity contribution in [3.63, 3.8) is 0 Å². The molecule has 0 radical (unpaired) electrons. The van der Waals surface area contributed by atoms with Gasteiger partial charge in [0.15, 0.2) is 0 Å². The maximum absolute atomic E-state index is 4.00. The summed E-state index contributed by atoms with van der Waals surface area (Å²) in [5.41, 5.74) is 0.984. The highest BCUT2D eigenvalue weighted by Gasteiger charge is 2.39. The fraction of sp³-hybridized carbons (Fsp3) is 1.00. The third-order valence-corrected chi connectivity index (χ3v) is 5.52. The van der Waals surface area contributed by atoms with E-state index < -0.39 is 0 Å². The van der Waals surface area contributed by atoms with E-state index >= 15 is 0 Å². The molecule has 2 fully saturated rings. The summed E-state index contributed by atoms with van der Waals surface area (Å²) in [6, 6.07) is 1.39. The minimum absolute atomic E-state index is 0.492. The first kappa shape index (κ1) is 16.3. The topological polar surface area (TPSA) is 15.3 Å². The monoisotopic (exact) mass is 280 g/mol. The van der Waals surface area contributed by atoms with Gasteiger partial charge in [-0.3, -0.25) is 0 Å². The number of nitrogens with one attached hydrogen (secondary N) is 1. The summed E-state index contributed by atoms with van der Waals surface area (Å²) >= 11 is 0. The lowest BCUT2D eigenvalue weighted by Gasteiger charge is -2.47.